The zero-order valence-corrected chi connectivity index (χ0v) is 39.6. The van der Waals surface area contributed by atoms with Crippen molar-refractivity contribution in [2.45, 2.75) is 113 Å². The summed E-state index contributed by atoms with van der Waals surface area (Å²) in [6, 6.07) is 29.0. The van der Waals surface area contributed by atoms with E-state index in [2.05, 4.69) is 163 Å². The fourth-order valence-corrected chi connectivity index (χ4v) is 9.95. The molecule has 0 saturated carbocycles. The fourth-order valence-electron chi connectivity index (χ4n) is 9.95. The lowest BCUT2D eigenvalue weighted by Crippen LogP contribution is -2.27. The van der Waals surface area contributed by atoms with Crippen molar-refractivity contribution in [2.75, 3.05) is 0 Å². The van der Waals surface area contributed by atoms with Crippen LogP contribution in [0.4, 0.5) is 0 Å². The Kier molecular flexibility index (Phi) is 12.9. The van der Waals surface area contributed by atoms with Gasteiger partial charge in [0.25, 0.3) is 0 Å². The van der Waals surface area contributed by atoms with Gasteiger partial charge in [-0.05, 0) is 171 Å². The molecule has 8 nitrogen and oxygen atoms in total. The lowest BCUT2D eigenvalue weighted by molar-refractivity contribution is -0.122. The lowest BCUT2D eigenvalue weighted by Gasteiger charge is -2.17. The number of aromatic amines is 2. The molecule has 4 aromatic carbocycles. The van der Waals surface area contributed by atoms with Crippen LogP contribution in [0, 0.1) is 27.7 Å². The maximum absolute atomic E-state index is 13.2. The Morgan fingerprint density at radius 2 is 0.938 bits per heavy atom. The number of nitrogens with zero attached hydrogens (tertiary/aromatic N) is 2. The van der Waals surface area contributed by atoms with Crippen LogP contribution >= 0.6 is 0 Å². The van der Waals surface area contributed by atoms with E-state index in [-0.39, 0.29) is 23.9 Å². The smallest absolute Gasteiger partial charge is 0.220 e. The molecule has 332 valence electrons. The average Bonchev–Trinajstić information content (AvgIpc) is 3.92. The first kappa shape index (κ1) is 44.8. The van der Waals surface area contributed by atoms with Crippen LogP contribution in [0.15, 0.2) is 129 Å². The number of allylic oxidation sites excluding steroid dienone is 4. The molecule has 2 atom stereocenters. The number of fused-ring (bicyclic) bond motifs is 2. The van der Waals surface area contributed by atoms with Crippen LogP contribution < -0.4 is 10.6 Å². The second kappa shape index (κ2) is 18.7. The van der Waals surface area contributed by atoms with E-state index < -0.39 is 0 Å². The number of carbonyl (C=O) groups is 2. The van der Waals surface area contributed by atoms with Crippen LogP contribution in [0.3, 0.4) is 0 Å². The van der Waals surface area contributed by atoms with Crippen molar-refractivity contribution in [3.8, 4) is 0 Å². The Balaban J connectivity index is 0.912. The fraction of sp³-hybridized carbons (Fsp3) is 0.298. The number of rotatable bonds is 14. The molecule has 0 aliphatic carbocycles. The minimum atomic E-state index is -0.0912. The van der Waals surface area contributed by atoms with Crippen LogP contribution in [-0.2, 0) is 22.4 Å². The molecule has 65 heavy (non-hydrogen) atoms. The first-order valence-electron chi connectivity index (χ1n) is 23.0. The second-order valence-corrected chi connectivity index (χ2v) is 18.1. The van der Waals surface area contributed by atoms with Crippen LogP contribution in [0.1, 0.15) is 129 Å². The highest BCUT2D eigenvalue weighted by Gasteiger charge is 2.26. The van der Waals surface area contributed by atoms with Crippen LogP contribution in [0.2, 0.25) is 0 Å². The Morgan fingerprint density at radius 3 is 1.35 bits per heavy atom. The predicted molar refractivity (Wildman–Crippen MR) is 270 cm³/mol. The van der Waals surface area contributed by atoms with E-state index in [1.54, 1.807) is 0 Å². The van der Waals surface area contributed by atoms with Gasteiger partial charge >= 0.3 is 0 Å². The van der Waals surface area contributed by atoms with Gasteiger partial charge in [-0.1, -0.05) is 84.9 Å². The summed E-state index contributed by atoms with van der Waals surface area (Å²) in [6.45, 7) is 21.1. The number of hydrogen-bond donors (Lipinski definition) is 4. The van der Waals surface area contributed by atoms with Crippen molar-refractivity contribution in [1.82, 2.24) is 20.6 Å². The summed E-state index contributed by atoms with van der Waals surface area (Å²) in [5, 5.41) is 11.2. The highest BCUT2D eigenvalue weighted by Crippen LogP contribution is 2.37. The largest absolute Gasteiger partial charge is 0.359 e. The molecule has 2 aliphatic rings. The first-order valence-corrected chi connectivity index (χ1v) is 23.0. The number of carbonyl (C=O) groups excluding carboxylic acids is 2. The van der Waals surface area contributed by atoms with Gasteiger partial charge in [0, 0.05) is 53.5 Å². The van der Waals surface area contributed by atoms with Gasteiger partial charge < -0.3 is 20.6 Å². The van der Waals surface area contributed by atoms with Crippen molar-refractivity contribution in [3.63, 3.8) is 0 Å². The minimum Gasteiger partial charge on any atom is -0.359 e. The molecule has 2 amide bonds. The third-order valence-electron chi connectivity index (χ3n) is 13.8. The minimum absolute atomic E-state index is 0.0426. The van der Waals surface area contributed by atoms with Crippen molar-refractivity contribution < 1.29 is 9.59 Å². The molecular formula is C57H62N6O2. The van der Waals surface area contributed by atoms with Crippen molar-refractivity contribution in [3.05, 3.63) is 175 Å². The molecule has 4 N–H and O–H groups in total. The lowest BCUT2D eigenvalue weighted by atomic mass is 9.93. The Bertz CT molecular complexity index is 2850. The van der Waals surface area contributed by atoms with E-state index in [0.29, 0.717) is 25.7 Å². The van der Waals surface area contributed by atoms with Crippen molar-refractivity contribution in [2.24, 2.45) is 9.98 Å². The molecule has 2 aromatic heterocycles. The van der Waals surface area contributed by atoms with Gasteiger partial charge in [-0.15, -0.1) is 0 Å². The second-order valence-electron chi connectivity index (χ2n) is 18.1. The summed E-state index contributed by atoms with van der Waals surface area (Å²) in [4.78, 5) is 43.8. The zero-order chi connectivity index (χ0) is 46.1. The van der Waals surface area contributed by atoms with Gasteiger partial charge in [0.15, 0.2) is 0 Å². The number of aromatic nitrogens is 2. The monoisotopic (exact) mass is 862 g/mol. The third kappa shape index (κ3) is 9.26. The van der Waals surface area contributed by atoms with E-state index in [4.69, 9.17) is 9.98 Å². The van der Waals surface area contributed by atoms with E-state index in [0.717, 1.165) is 74.3 Å². The molecular weight excluding hydrogens is 801 g/mol. The van der Waals surface area contributed by atoms with E-state index >= 15 is 0 Å². The molecule has 6 aromatic rings. The summed E-state index contributed by atoms with van der Waals surface area (Å²) >= 11 is 0. The molecule has 0 fully saturated rings. The Labute approximate surface area is 383 Å². The maximum atomic E-state index is 13.2. The number of aryl methyl sites for hydroxylation is 2. The van der Waals surface area contributed by atoms with Gasteiger partial charge in [0.1, 0.15) is 0 Å². The zero-order valence-electron chi connectivity index (χ0n) is 39.6. The van der Waals surface area contributed by atoms with Gasteiger partial charge in [-0.2, -0.15) is 0 Å². The normalized spacial score (nSPS) is 16.3. The number of H-pyrrole nitrogens is 2. The first-order chi connectivity index (χ1) is 31.2. The molecule has 8 heteroatoms. The Hall–Kier alpha value is -6.80. The standard InChI is InChI=1S/C57H62N6O2/c1-32-44(25-27-56(64)62-38(7)46-23-15-19-42-17-11-13-21-48(42)46)36(5)58-52(32)30-54-34(3)50(40(9)60-54)29-51-35(4)55(61-41(51)10)31-53-33(2)45(37(6)59-53)26-28-57(65)63-39(8)47-24-16-20-43-18-12-14-22-49(43)47/h11-24,30-31,38-39,58-59H,25-29H2,1-10H3,(H,62,64)(H,63,65)/b54-30-,55-31+/t38-,39-/m0/s1. The molecule has 2 aliphatic heterocycles. The molecule has 0 spiro atoms. The highest BCUT2D eigenvalue weighted by atomic mass is 16.2. The molecule has 8 rings (SSSR count). The molecule has 0 unspecified atom stereocenters. The summed E-state index contributed by atoms with van der Waals surface area (Å²) in [5.41, 5.74) is 19.9. The van der Waals surface area contributed by atoms with Gasteiger partial charge in [-0.25, -0.2) is 0 Å². The van der Waals surface area contributed by atoms with Crippen LogP contribution in [0.25, 0.3) is 33.7 Å². The molecule has 0 saturated heterocycles. The number of nitrogens with one attached hydrogen (secondary N) is 4. The number of benzene rings is 4. The van der Waals surface area contributed by atoms with E-state index in [1.165, 1.54) is 55.0 Å². The van der Waals surface area contributed by atoms with Gasteiger partial charge in [0.05, 0.1) is 23.5 Å². The summed E-state index contributed by atoms with van der Waals surface area (Å²) in [5.74, 6) is 0.0853. The molecule has 0 bridgehead atoms. The summed E-state index contributed by atoms with van der Waals surface area (Å²) in [6.07, 6.45) is 7.19. The quantitative estimate of drug-likeness (QED) is 0.0873. The molecule has 0 radical (unpaired) electrons. The molecule has 4 heterocycles. The Morgan fingerprint density at radius 1 is 0.554 bits per heavy atom. The predicted octanol–water partition coefficient (Wildman–Crippen LogP) is 12.9. The SMILES string of the molecule is CC1=N/C(=C\c2[nH]c(C)c(CCC(=O)N[C@@H](C)c3cccc4ccccc34)c2C)C(C)=C1CC1=C(C)/C(=C\c2[nH]c(C)c(CCC(=O)N[C@@H](C)c3cccc4ccccc34)c2C)N=C1C. The van der Waals surface area contributed by atoms with Crippen molar-refractivity contribution >= 4 is 56.9 Å². The van der Waals surface area contributed by atoms with Crippen LogP contribution in [0.5, 0.6) is 0 Å². The number of aliphatic imine (C=N–C) groups is 2. The van der Waals surface area contributed by atoms with Gasteiger partial charge in [0.2, 0.25) is 11.8 Å². The van der Waals surface area contributed by atoms with E-state index in [1.807, 2.05) is 24.3 Å². The van der Waals surface area contributed by atoms with Crippen LogP contribution in [-0.4, -0.2) is 33.2 Å². The summed E-state index contributed by atoms with van der Waals surface area (Å²) in [7, 11) is 0. The third-order valence-corrected chi connectivity index (χ3v) is 13.8. The number of hydrogen-bond acceptors (Lipinski definition) is 4. The number of amides is 2. The van der Waals surface area contributed by atoms with Gasteiger partial charge in [-0.3, -0.25) is 19.6 Å². The summed E-state index contributed by atoms with van der Waals surface area (Å²) < 4.78 is 0. The maximum Gasteiger partial charge on any atom is 0.220 e. The topological polar surface area (TPSA) is 114 Å². The highest BCUT2D eigenvalue weighted by molar-refractivity contribution is 6.09. The average molecular weight is 863 g/mol. The van der Waals surface area contributed by atoms with E-state index in [9.17, 15) is 9.59 Å². The van der Waals surface area contributed by atoms with Crippen molar-refractivity contribution in [1.29, 1.82) is 0 Å².